The van der Waals surface area contributed by atoms with Gasteiger partial charge >= 0.3 is 0 Å². The Morgan fingerprint density at radius 3 is 2.29 bits per heavy atom. The first-order valence-electron chi connectivity index (χ1n) is 9.64. The van der Waals surface area contributed by atoms with Crippen LogP contribution in [0.3, 0.4) is 0 Å². The van der Waals surface area contributed by atoms with E-state index in [2.05, 4.69) is 0 Å². The molecule has 7 nitrogen and oxygen atoms in total. The number of carboxylic acids is 1. The molecule has 7 heteroatoms. The molecule has 2 saturated heterocycles. The summed E-state index contributed by atoms with van der Waals surface area (Å²) in [6.07, 6.45) is 1.20. The van der Waals surface area contributed by atoms with Crippen LogP contribution in [0, 0.1) is 5.41 Å². The number of rotatable bonds is 3. The van der Waals surface area contributed by atoms with Gasteiger partial charge < -0.3 is 19.5 Å². The van der Waals surface area contributed by atoms with Crippen molar-refractivity contribution >= 4 is 17.8 Å². The zero-order valence-corrected chi connectivity index (χ0v) is 16.6. The van der Waals surface area contributed by atoms with Gasteiger partial charge in [-0.1, -0.05) is 39.0 Å². The van der Waals surface area contributed by atoms with Gasteiger partial charge in [-0.25, -0.2) is 0 Å². The number of hydrogen-bond donors (Lipinski definition) is 0. The fourth-order valence-corrected chi connectivity index (χ4v) is 3.94. The molecule has 0 radical (unpaired) electrons. The molecule has 1 aromatic carbocycles. The molecule has 2 aliphatic rings. The van der Waals surface area contributed by atoms with E-state index in [0.717, 1.165) is 0 Å². The second-order valence-corrected chi connectivity index (χ2v) is 8.75. The predicted octanol–water partition coefficient (Wildman–Crippen LogP) is 1.03. The fraction of sp³-hybridized carbons (Fsp3) is 0.571. The Hall–Kier alpha value is -2.41. The van der Waals surface area contributed by atoms with Gasteiger partial charge in [-0.15, -0.1) is 0 Å². The van der Waals surface area contributed by atoms with E-state index in [0.29, 0.717) is 37.9 Å². The number of carbonyl (C=O) groups is 3. The summed E-state index contributed by atoms with van der Waals surface area (Å²) in [7, 11) is 0. The second kappa shape index (κ2) is 7.54. The number of benzene rings is 1. The molecule has 0 saturated carbocycles. The van der Waals surface area contributed by atoms with Crippen LogP contribution >= 0.6 is 0 Å². The van der Waals surface area contributed by atoms with Crippen molar-refractivity contribution in [2.24, 2.45) is 5.41 Å². The first-order valence-corrected chi connectivity index (χ1v) is 9.64. The Bertz CT molecular complexity index is 748. The standard InChI is InChI=1S/C21H28N2O5/c1-20(2,3)13-17(24)22-11-9-21(10-12-22)23(16(14-28-21)19(26)27)18(25)15-7-5-4-6-8-15/h4-8,16H,9-14H2,1-3H3,(H,26,27)/p-1/t16-/m1/s1. The highest BCUT2D eigenvalue weighted by atomic mass is 16.5. The highest BCUT2D eigenvalue weighted by molar-refractivity contribution is 5.97. The van der Waals surface area contributed by atoms with Gasteiger partial charge in [-0.05, 0) is 17.5 Å². The predicted molar refractivity (Wildman–Crippen MR) is 100.0 cm³/mol. The minimum Gasteiger partial charge on any atom is -0.548 e. The monoisotopic (exact) mass is 387 g/mol. The first-order chi connectivity index (χ1) is 13.1. The molecule has 1 spiro atoms. The van der Waals surface area contributed by atoms with E-state index in [1.807, 2.05) is 20.8 Å². The highest BCUT2D eigenvalue weighted by Crippen LogP contribution is 2.38. The summed E-state index contributed by atoms with van der Waals surface area (Å²) in [5, 5.41) is 11.7. The van der Waals surface area contributed by atoms with Crippen LogP contribution in [0.4, 0.5) is 0 Å². The van der Waals surface area contributed by atoms with Gasteiger partial charge in [0.25, 0.3) is 5.91 Å². The van der Waals surface area contributed by atoms with Crippen LogP contribution in [0.15, 0.2) is 30.3 Å². The van der Waals surface area contributed by atoms with Crippen molar-refractivity contribution in [2.45, 2.75) is 51.8 Å². The molecule has 2 amide bonds. The van der Waals surface area contributed by atoms with Gasteiger partial charge in [0.1, 0.15) is 5.72 Å². The van der Waals surface area contributed by atoms with Gasteiger partial charge in [0.2, 0.25) is 5.91 Å². The number of hydrogen-bond acceptors (Lipinski definition) is 5. The Balaban J connectivity index is 1.79. The van der Waals surface area contributed by atoms with Crippen molar-refractivity contribution < 1.29 is 24.2 Å². The molecular formula is C21H27N2O5-. The number of carboxylic acid groups (broad SMARTS) is 1. The average molecular weight is 387 g/mol. The van der Waals surface area contributed by atoms with Gasteiger partial charge in [-0.3, -0.25) is 14.5 Å². The number of piperidine rings is 1. The van der Waals surface area contributed by atoms with Crippen molar-refractivity contribution in [3.05, 3.63) is 35.9 Å². The maximum absolute atomic E-state index is 13.1. The summed E-state index contributed by atoms with van der Waals surface area (Å²) >= 11 is 0. The van der Waals surface area contributed by atoms with Crippen molar-refractivity contribution in [3.8, 4) is 0 Å². The molecule has 2 aliphatic heterocycles. The Kier molecular flexibility index (Phi) is 5.48. The Labute approximate surface area is 165 Å². The van der Waals surface area contributed by atoms with Crippen LogP contribution in [0.1, 0.15) is 50.4 Å². The van der Waals surface area contributed by atoms with E-state index in [1.165, 1.54) is 4.90 Å². The maximum atomic E-state index is 13.1. The van der Waals surface area contributed by atoms with Gasteiger partial charge in [0.05, 0.1) is 18.6 Å². The lowest BCUT2D eigenvalue weighted by Crippen LogP contribution is -2.60. The molecule has 1 atom stereocenters. The van der Waals surface area contributed by atoms with Gasteiger partial charge in [0, 0.05) is 37.9 Å². The van der Waals surface area contributed by atoms with E-state index in [4.69, 9.17) is 4.74 Å². The minimum absolute atomic E-state index is 0.0673. The van der Waals surface area contributed by atoms with Crippen molar-refractivity contribution in [1.29, 1.82) is 0 Å². The molecule has 0 aliphatic carbocycles. The Morgan fingerprint density at radius 2 is 1.75 bits per heavy atom. The SMILES string of the molecule is CC(C)(C)CC(=O)N1CCC2(CC1)OC[C@H](C(=O)[O-])N2C(=O)c1ccccc1. The highest BCUT2D eigenvalue weighted by Gasteiger charge is 2.52. The van der Waals surface area contributed by atoms with Crippen LogP contribution in [0.25, 0.3) is 0 Å². The lowest BCUT2D eigenvalue weighted by atomic mass is 9.90. The number of nitrogens with zero attached hydrogens (tertiary/aromatic N) is 2. The van der Waals surface area contributed by atoms with Crippen LogP contribution in [0.2, 0.25) is 0 Å². The van der Waals surface area contributed by atoms with E-state index in [1.54, 1.807) is 35.2 Å². The molecule has 0 bridgehead atoms. The zero-order valence-electron chi connectivity index (χ0n) is 16.6. The maximum Gasteiger partial charge on any atom is 0.256 e. The molecule has 0 N–H and O–H groups in total. The zero-order chi connectivity index (χ0) is 20.5. The number of likely N-dealkylation sites (tertiary alicyclic amines) is 1. The Morgan fingerprint density at radius 1 is 1.14 bits per heavy atom. The quantitative estimate of drug-likeness (QED) is 0.773. The summed E-state index contributed by atoms with van der Waals surface area (Å²) in [6, 6.07) is 7.44. The molecule has 2 heterocycles. The summed E-state index contributed by atoms with van der Waals surface area (Å²) in [5.41, 5.74) is -0.716. The summed E-state index contributed by atoms with van der Waals surface area (Å²) in [5.74, 6) is -1.65. The third-order valence-corrected chi connectivity index (χ3v) is 5.35. The fourth-order valence-electron chi connectivity index (χ4n) is 3.94. The van der Waals surface area contributed by atoms with Crippen molar-refractivity contribution in [3.63, 3.8) is 0 Å². The molecule has 28 heavy (non-hydrogen) atoms. The normalized spacial score (nSPS) is 21.8. The molecule has 2 fully saturated rings. The first kappa shape index (κ1) is 20.3. The van der Waals surface area contributed by atoms with Crippen LogP contribution in [-0.4, -0.2) is 59.0 Å². The van der Waals surface area contributed by atoms with E-state index < -0.39 is 17.7 Å². The molecule has 0 aromatic heterocycles. The largest absolute Gasteiger partial charge is 0.548 e. The summed E-state index contributed by atoms with van der Waals surface area (Å²) < 4.78 is 5.89. The lowest BCUT2D eigenvalue weighted by molar-refractivity contribution is -0.310. The minimum atomic E-state index is -1.33. The molecular weight excluding hydrogens is 360 g/mol. The summed E-state index contributed by atoms with van der Waals surface area (Å²) in [4.78, 5) is 40.4. The number of aliphatic carboxylic acids is 1. The third-order valence-electron chi connectivity index (χ3n) is 5.35. The molecule has 0 unspecified atom stereocenters. The molecule has 152 valence electrons. The molecule has 1 aromatic rings. The molecule has 3 rings (SSSR count). The lowest BCUT2D eigenvalue weighted by Gasteiger charge is -2.45. The van der Waals surface area contributed by atoms with E-state index in [9.17, 15) is 19.5 Å². The van der Waals surface area contributed by atoms with E-state index in [-0.39, 0.29) is 23.8 Å². The van der Waals surface area contributed by atoms with E-state index >= 15 is 0 Å². The topological polar surface area (TPSA) is 90.0 Å². The number of amides is 2. The third kappa shape index (κ3) is 4.04. The number of carbonyl (C=O) groups excluding carboxylic acids is 3. The van der Waals surface area contributed by atoms with Crippen LogP contribution in [0.5, 0.6) is 0 Å². The van der Waals surface area contributed by atoms with Gasteiger partial charge in [-0.2, -0.15) is 0 Å². The van der Waals surface area contributed by atoms with Crippen molar-refractivity contribution in [1.82, 2.24) is 9.80 Å². The van der Waals surface area contributed by atoms with Crippen LogP contribution in [-0.2, 0) is 14.3 Å². The summed E-state index contributed by atoms with van der Waals surface area (Å²) in [6.45, 7) is 6.79. The van der Waals surface area contributed by atoms with Gasteiger partial charge in [0.15, 0.2) is 0 Å². The average Bonchev–Trinajstić information content (AvgIpc) is 3.00. The smallest absolute Gasteiger partial charge is 0.256 e. The van der Waals surface area contributed by atoms with Crippen LogP contribution < -0.4 is 5.11 Å². The number of ether oxygens (including phenoxy) is 1. The second-order valence-electron chi connectivity index (χ2n) is 8.75. The van der Waals surface area contributed by atoms with Crippen molar-refractivity contribution in [2.75, 3.05) is 19.7 Å².